The van der Waals surface area contributed by atoms with Crippen molar-refractivity contribution in [3.05, 3.63) is 70.2 Å². The van der Waals surface area contributed by atoms with Crippen molar-refractivity contribution in [2.45, 2.75) is 56.4 Å². The van der Waals surface area contributed by atoms with Crippen LogP contribution in [-0.2, 0) is 6.18 Å². The van der Waals surface area contributed by atoms with Crippen molar-refractivity contribution < 1.29 is 18.0 Å². The maximum Gasteiger partial charge on any atom is 0.417 e. The van der Waals surface area contributed by atoms with Crippen molar-refractivity contribution in [1.29, 1.82) is 0 Å². The Bertz CT molecular complexity index is 907. The molecule has 8 heteroatoms. The van der Waals surface area contributed by atoms with Gasteiger partial charge in [0.25, 0.3) is 5.91 Å². The molecule has 2 aromatic carbocycles. The fraction of sp³-hybridized carbons (Fsp3) is 0.435. The quantitative estimate of drug-likeness (QED) is 0.568. The molecule has 0 radical (unpaired) electrons. The van der Waals surface area contributed by atoms with Gasteiger partial charge < -0.3 is 5.32 Å². The number of nitrogens with zero attached hydrogens (tertiary/aromatic N) is 1. The van der Waals surface area contributed by atoms with Gasteiger partial charge in [0.2, 0.25) is 0 Å². The second-order valence-corrected chi connectivity index (χ2v) is 8.44. The van der Waals surface area contributed by atoms with Crippen molar-refractivity contribution >= 4 is 29.9 Å². The Labute approximate surface area is 191 Å². The largest absolute Gasteiger partial charge is 0.417 e. The molecular formula is C23H25Cl2F3N2O. The molecule has 2 heterocycles. The molecule has 31 heavy (non-hydrogen) atoms. The van der Waals surface area contributed by atoms with E-state index in [1.165, 1.54) is 12.1 Å². The maximum atomic E-state index is 13.2. The fourth-order valence-corrected chi connectivity index (χ4v) is 5.22. The van der Waals surface area contributed by atoms with Gasteiger partial charge in [-0.2, -0.15) is 13.2 Å². The van der Waals surface area contributed by atoms with E-state index in [-0.39, 0.29) is 30.1 Å². The second-order valence-electron chi connectivity index (χ2n) is 8.06. The molecule has 1 amide bonds. The predicted molar refractivity (Wildman–Crippen MR) is 118 cm³/mol. The summed E-state index contributed by atoms with van der Waals surface area (Å²) in [6.45, 7) is 0.985. The number of rotatable bonds is 4. The van der Waals surface area contributed by atoms with Gasteiger partial charge in [-0.3, -0.25) is 9.69 Å². The molecule has 4 rings (SSSR count). The van der Waals surface area contributed by atoms with Gasteiger partial charge in [-0.1, -0.05) is 54.4 Å². The van der Waals surface area contributed by atoms with E-state index in [4.69, 9.17) is 11.6 Å². The summed E-state index contributed by atoms with van der Waals surface area (Å²) in [6.07, 6.45) is 0.854. The first kappa shape index (κ1) is 23.9. The Morgan fingerprint density at radius 2 is 1.74 bits per heavy atom. The zero-order chi connectivity index (χ0) is 21.3. The van der Waals surface area contributed by atoms with E-state index in [1.54, 1.807) is 0 Å². The molecule has 3 nitrogen and oxygen atoms in total. The van der Waals surface area contributed by atoms with Crippen LogP contribution in [0.1, 0.15) is 59.6 Å². The van der Waals surface area contributed by atoms with Gasteiger partial charge >= 0.3 is 6.18 Å². The smallest absolute Gasteiger partial charge is 0.344 e. The molecule has 0 saturated carbocycles. The molecule has 168 valence electrons. The van der Waals surface area contributed by atoms with Crippen molar-refractivity contribution in [3.8, 4) is 0 Å². The van der Waals surface area contributed by atoms with Crippen LogP contribution in [0.2, 0.25) is 5.02 Å². The average Bonchev–Trinajstić information content (AvgIpc) is 3.21. The minimum absolute atomic E-state index is 0. The van der Waals surface area contributed by atoms with Crippen LogP contribution in [0.4, 0.5) is 13.2 Å². The number of carbonyl (C=O) groups excluding carboxylic acids is 1. The third-order valence-corrected chi connectivity index (χ3v) is 6.67. The van der Waals surface area contributed by atoms with Crippen molar-refractivity contribution in [2.75, 3.05) is 6.54 Å². The topological polar surface area (TPSA) is 32.3 Å². The second kappa shape index (κ2) is 9.80. The normalized spacial score (nSPS) is 22.3. The molecule has 0 spiro atoms. The molecule has 2 aromatic rings. The summed E-state index contributed by atoms with van der Waals surface area (Å²) < 4.78 is 39.7. The number of hydrogen-bond donors (Lipinski definition) is 1. The molecule has 2 fully saturated rings. The number of fused-ring (bicyclic) bond motifs is 1. The predicted octanol–water partition coefficient (Wildman–Crippen LogP) is 6.27. The SMILES string of the molecule is Cl.O=C(NC(c1ccccc1)C1CCCC2CCCN21)c1cccc(C(F)(F)F)c1Cl. The minimum atomic E-state index is -4.61. The highest BCUT2D eigenvalue weighted by molar-refractivity contribution is 6.34. The van der Waals surface area contributed by atoms with Gasteiger partial charge in [0.05, 0.1) is 22.2 Å². The highest BCUT2D eigenvalue weighted by Crippen LogP contribution is 2.38. The fourth-order valence-electron chi connectivity index (χ4n) is 4.90. The first-order valence-electron chi connectivity index (χ1n) is 10.3. The Morgan fingerprint density at radius 3 is 2.45 bits per heavy atom. The summed E-state index contributed by atoms with van der Waals surface area (Å²) in [4.78, 5) is 15.5. The molecule has 2 saturated heterocycles. The van der Waals surface area contributed by atoms with Crippen LogP contribution >= 0.6 is 24.0 Å². The van der Waals surface area contributed by atoms with Crippen molar-refractivity contribution in [1.82, 2.24) is 10.2 Å². The number of benzene rings is 2. The van der Waals surface area contributed by atoms with Crippen LogP contribution in [0.15, 0.2) is 48.5 Å². The lowest BCUT2D eigenvalue weighted by Gasteiger charge is -2.42. The van der Waals surface area contributed by atoms with Gasteiger partial charge in [-0.25, -0.2) is 0 Å². The molecular weight excluding hydrogens is 448 g/mol. The molecule has 3 atom stereocenters. The van der Waals surface area contributed by atoms with E-state index < -0.39 is 22.7 Å². The van der Waals surface area contributed by atoms with Gasteiger partial charge in [0.15, 0.2) is 0 Å². The van der Waals surface area contributed by atoms with Gasteiger partial charge in [0, 0.05) is 12.1 Å². The summed E-state index contributed by atoms with van der Waals surface area (Å²) >= 11 is 6.00. The Hall–Kier alpha value is -1.76. The standard InChI is InChI=1S/C23H24ClF3N2O.ClH/c24-20-17(11-5-12-18(20)23(25,26)27)22(30)28-21(15-7-2-1-3-8-15)19-13-4-9-16-10-6-14-29(16)19;/h1-3,5,7-8,11-12,16,19,21H,4,6,9-10,13-14H2,(H,28,30);1H. The highest BCUT2D eigenvalue weighted by Gasteiger charge is 2.40. The zero-order valence-corrected chi connectivity index (χ0v) is 18.4. The van der Waals surface area contributed by atoms with Gasteiger partial charge in [0.1, 0.15) is 0 Å². The van der Waals surface area contributed by atoms with Crippen LogP contribution in [0.3, 0.4) is 0 Å². The molecule has 1 N–H and O–H groups in total. The third kappa shape index (κ3) is 5.02. The maximum absolute atomic E-state index is 13.2. The molecule has 3 unspecified atom stereocenters. The van der Waals surface area contributed by atoms with Crippen molar-refractivity contribution in [2.24, 2.45) is 0 Å². The number of alkyl halides is 3. The molecule has 2 aliphatic heterocycles. The van der Waals surface area contributed by atoms with E-state index in [9.17, 15) is 18.0 Å². The lowest BCUT2D eigenvalue weighted by molar-refractivity contribution is -0.137. The number of amides is 1. The van der Waals surface area contributed by atoms with E-state index in [2.05, 4.69) is 10.2 Å². The van der Waals surface area contributed by atoms with Crippen molar-refractivity contribution in [3.63, 3.8) is 0 Å². The average molecular weight is 473 g/mol. The molecule has 0 bridgehead atoms. The van der Waals surface area contributed by atoms with Crippen LogP contribution in [0, 0.1) is 0 Å². The molecule has 0 aromatic heterocycles. The molecule has 2 aliphatic rings. The number of halogens is 5. The summed E-state index contributed by atoms with van der Waals surface area (Å²) in [7, 11) is 0. The monoisotopic (exact) mass is 472 g/mol. The van der Waals surface area contributed by atoms with Gasteiger partial charge in [-0.05, 0) is 49.9 Å². The lowest BCUT2D eigenvalue weighted by Crippen LogP contribution is -2.50. The summed E-state index contributed by atoms with van der Waals surface area (Å²) in [5, 5.41) is 2.46. The number of hydrogen-bond acceptors (Lipinski definition) is 2. The number of nitrogens with one attached hydrogen (secondary N) is 1. The van der Waals surface area contributed by atoms with E-state index in [1.807, 2.05) is 30.3 Å². The Morgan fingerprint density at radius 1 is 1.03 bits per heavy atom. The lowest BCUT2D eigenvalue weighted by atomic mass is 9.88. The van der Waals surface area contributed by atoms with E-state index in [0.29, 0.717) is 6.04 Å². The Kier molecular flexibility index (Phi) is 7.55. The van der Waals surface area contributed by atoms with E-state index >= 15 is 0 Å². The summed E-state index contributed by atoms with van der Waals surface area (Å²) in [5.74, 6) is -0.582. The third-order valence-electron chi connectivity index (χ3n) is 6.26. The van der Waals surface area contributed by atoms with Gasteiger partial charge in [-0.15, -0.1) is 12.4 Å². The van der Waals surface area contributed by atoms with Crippen LogP contribution in [-0.4, -0.2) is 29.4 Å². The van der Waals surface area contributed by atoms with Crippen LogP contribution in [0.5, 0.6) is 0 Å². The first-order chi connectivity index (χ1) is 14.4. The number of carbonyl (C=O) groups is 1. The summed E-state index contributed by atoms with van der Waals surface area (Å²) in [6, 6.07) is 13.4. The zero-order valence-electron chi connectivity index (χ0n) is 16.9. The van der Waals surface area contributed by atoms with Crippen LogP contribution < -0.4 is 5.32 Å². The van der Waals surface area contributed by atoms with E-state index in [0.717, 1.165) is 50.3 Å². The summed E-state index contributed by atoms with van der Waals surface area (Å²) in [5.41, 5.74) is -0.196. The molecule has 0 aliphatic carbocycles. The Balaban J connectivity index is 0.00000272. The number of piperidine rings is 1. The first-order valence-corrected chi connectivity index (χ1v) is 10.7. The highest BCUT2D eigenvalue weighted by atomic mass is 35.5. The minimum Gasteiger partial charge on any atom is -0.344 e. The van der Waals surface area contributed by atoms with Crippen LogP contribution in [0.25, 0.3) is 0 Å².